The van der Waals surface area contributed by atoms with Gasteiger partial charge in [-0.2, -0.15) is 5.26 Å². The molecule has 0 unspecified atom stereocenters. The zero-order valence-corrected chi connectivity index (χ0v) is 30.4. The fraction of sp³-hybridized carbons (Fsp3) is 0.0600. The maximum Gasteiger partial charge on any atom is 0.160 e. The maximum atomic E-state index is 9.49. The summed E-state index contributed by atoms with van der Waals surface area (Å²) in [6, 6.07) is 61.0. The van der Waals surface area contributed by atoms with Crippen molar-refractivity contribution in [1.29, 1.82) is 5.26 Å². The highest BCUT2D eigenvalue weighted by atomic mass is 16.5. The highest BCUT2D eigenvalue weighted by Gasteiger charge is 2.35. The van der Waals surface area contributed by atoms with Crippen LogP contribution in [0.5, 0.6) is 11.5 Å². The average molecular weight is 707 g/mol. The number of ether oxygens (including phenoxy) is 1. The molecule has 0 bridgehead atoms. The molecule has 0 saturated carbocycles. The molecule has 0 N–H and O–H groups in total. The first-order valence-corrected chi connectivity index (χ1v) is 18.5. The molecule has 0 atom stereocenters. The van der Waals surface area contributed by atoms with Gasteiger partial charge >= 0.3 is 0 Å². The number of aromatic nitrogens is 3. The van der Waals surface area contributed by atoms with E-state index in [1.54, 1.807) is 0 Å². The van der Waals surface area contributed by atoms with Gasteiger partial charge in [0.05, 0.1) is 34.1 Å². The van der Waals surface area contributed by atoms with Gasteiger partial charge in [-0.05, 0) is 77.9 Å². The quantitative estimate of drug-likeness (QED) is 0.179. The second-order valence-electron chi connectivity index (χ2n) is 14.6. The van der Waals surface area contributed by atoms with Gasteiger partial charge in [0.1, 0.15) is 11.5 Å². The number of hydrogen-bond donors (Lipinski definition) is 0. The van der Waals surface area contributed by atoms with Crippen molar-refractivity contribution < 1.29 is 4.74 Å². The molecule has 10 rings (SSSR count). The van der Waals surface area contributed by atoms with E-state index in [2.05, 4.69) is 140 Å². The van der Waals surface area contributed by atoms with Gasteiger partial charge < -0.3 is 9.30 Å². The topological polar surface area (TPSA) is 63.7 Å². The molecule has 3 heterocycles. The number of nitriles is 1. The van der Waals surface area contributed by atoms with Crippen molar-refractivity contribution in [2.24, 2.45) is 0 Å². The molecule has 5 heteroatoms. The largest absolute Gasteiger partial charge is 0.457 e. The molecular formula is C50H34N4O. The lowest BCUT2D eigenvalue weighted by molar-refractivity contribution is 0.418. The molecule has 0 aliphatic carbocycles. The smallest absolute Gasteiger partial charge is 0.160 e. The molecule has 0 radical (unpaired) electrons. The first-order chi connectivity index (χ1) is 26.9. The Balaban J connectivity index is 1.04. The zero-order chi connectivity index (χ0) is 37.1. The normalized spacial score (nSPS) is 12.8. The van der Waals surface area contributed by atoms with Crippen LogP contribution in [0.25, 0.3) is 72.5 Å². The van der Waals surface area contributed by atoms with E-state index < -0.39 is 0 Å². The number of nitrogens with zero attached hydrogens (tertiary/aromatic N) is 4. The van der Waals surface area contributed by atoms with Crippen LogP contribution in [0.2, 0.25) is 0 Å². The number of fused-ring (bicyclic) bond motifs is 5. The molecule has 260 valence electrons. The Hall–Kier alpha value is -7.29. The molecule has 5 nitrogen and oxygen atoms in total. The Morgan fingerprint density at radius 1 is 0.509 bits per heavy atom. The second-order valence-corrected chi connectivity index (χ2v) is 14.6. The van der Waals surface area contributed by atoms with Crippen LogP contribution in [0.3, 0.4) is 0 Å². The molecular weight excluding hydrogens is 673 g/mol. The maximum absolute atomic E-state index is 9.49. The first-order valence-electron chi connectivity index (χ1n) is 18.5. The van der Waals surface area contributed by atoms with Crippen molar-refractivity contribution in [2.75, 3.05) is 0 Å². The summed E-state index contributed by atoms with van der Waals surface area (Å²) in [5, 5.41) is 12.0. The van der Waals surface area contributed by atoms with Crippen LogP contribution >= 0.6 is 0 Å². The van der Waals surface area contributed by atoms with Gasteiger partial charge in [0.2, 0.25) is 0 Å². The molecule has 2 aromatic heterocycles. The second kappa shape index (κ2) is 12.7. The molecule has 0 spiro atoms. The van der Waals surface area contributed by atoms with Crippen molar-refractivity contribution in [3.63, 3.8) is 0 Å². The van der Waals surface area contributed by atoms with Crippen molar-refractivity contribution in [3.05, 3.63) is 187 Å². The van der Waals surface area contributed by atoms with Crippen molar-refractivity contribution >= 4 is 21.8 Å². The van der Waals surface area contributed by atoms with Crippen LogP contribution in [-0.2, 0) is 5.41 Å². The number of para-hydroxylation sites is 2. The van der Waals surface area contributed by atoms with Gasteiger partial charge in [-0.3, -0.25) is 0 Å². The Kier molecular flexibility index (Phi) is 7.47. The van der Waals surface area contributed by atoms with Crippen LogP contribution in [0.15, 0.2) is 170 Å². The van der Waals surface area contributed by atoms with Gasteiger partial charge in [-0.15, -0.1) is 0 Å². The van der Waals surface area contributed by atoms with E-state index in [0.29, 0.717) is 11.4 Å². The third-order valence-corrected chi connectivity index (χ3v) is 10.9. The van der Waals surface area contributed by atoms with Gasteiger partial charge in [0, 0.05) is 49.7 Å². The van der Waals surface area contributed by atoms with E-state index in [1.807, 2.05) is 54.6 Å². The predicted molar refractivity (Wildman–Crippen MR) is 221 cm³/mol. The lowest BCUT2D eigenvalue weighted by Crippen LogP contribution is -2.24. The van der Waals surface area contributed by atoms with Gasteiger partial charge in [0.25, 0.3) is 0 Å². The summed E-state index contributed by atoms with van der Waals surface area (Å²) in [4.78, 5) is 10.3. The number of benzene rings is 7. The predicted octanol–water partition coefficient (Wildman–Crippen LogP) is 12.5. The fourth-order valence-electron chi connectivity index (χ4n) is 8.04. The zero-order valence-electron chi connectivity index (χ0n) is 30.4. The van der Waals surface area contributed by atoms with Crippen LogP contribution < -0.4 is 4.74 Å². The minimum atomic E-state index is -0.351. The monoisotopic (exact) mass is 706 g/mol. The Morgan fingerprint density at radius 3 is 1.84 bits per heavy atom. The van der Waals surface area contributed by atoms with Crippen LogP contribution in [0, 0.1) is 11.3 Å². The molecule has 9 aromatic rings. The third kappa shape index (κ3) is 5.47. The average Bonchev–Trinajstić information content (AvgIpc) is 3.58. The van der Waals surface area contributed by atoms with E-state index in [9.17, 15) is 5.26 Å². The summed E-state index contributed by atoms with van der Waals surface area (Å²) >= 11 is 0. The standard InChI is InChI=1S/C50H34N4O/c1-50(2)41-25-19-32(31-51)27-48(41)55-47-26-22-37(29-42(47)50)44-30-43(52-49(53-44)34-11-4-3-5-12-34)36-14-10-13-35(28-36)33-20-23-38(24-21-33)54-45-17-8-6-15-39(45)40-16-7-9-18-46(40)54/h3-30H,1-2H3. The lowest BCUT2D eigenvalue weighted by Gasteiger charge is -2.34. The fourth-order valence-corrected chi connectivity index (χ4v) is 8.04. The van der Waals surface area contributed by atoms with Gasteiger partial charge in [-0.1, -0.05) is 117 Å². The first kappa shape index (κ1) is 32.4. The Morgan fingerprint density at radius 2 is 1.13 bits per heavy atom. The van der Waals surface area contributed by atoms with E-state index >= 15 is 0 Å². The van der Waals surface area contributed by atoms with Gasteiger partial charge in [0.15, 0.2) is 5.82 Å². The summed E-state index contributed by atoms with van der Waals surface area (Å²) in [5.41, 5.74) is 12.7. The molecule has 7 aromatic carbocycles. The van der Waals surface area contributed by atoms with Crippen LogP contribution in [0.4, 0.5) is 0 Å². The molecule has 0 fully saturated rings. The minimum Gasteiger partial charge on any atom is -0.457 e. The lowest BCUT2D eigenvalue weighted by atomic mass is 9.75. The van der Waals surface area contributed by atoms with Crippen molar-refractivity contribution in [1.82, 2.24) is 14.5 Å². The number of rotatable bonds is 5. The Bertz CT molecular complexity index is 2940. The van der Waals surface area contributed by atoms with Crippen molar-refractivity contribution in [3.8, 4) is 68.3 Å². The molecule has 1 aliphatic heterocycles. The minimum absolute atomic E-state index is 0.351. The molecule has 55 heavy (non-hydrogen) atoms. The van der Waals surface area contributed by atoms with Gasteiger partial charge in [-0.25, -0.2) is 9.97 Å². The van der Waals surface area contributed by atoms with E-state index in [4.69, 9.17) is 14.7 Å². The van der Waals surface area contributed by atoms with E-state index in [0.717, 1.165) is 67.5 Å². The summed E-state index contributed by atoms with van der Waals surface area (Å²) in [5.74, 6) is 2.17. The van der Waals surface area contributed by atoms with Crippen LogP contribution in [0.1, 0.15) is 30.5 Å². The van der Waals surface area contributed by atoms with Crippen LogP contribution in [-0.4, -0.2) is 14.5 Å². The molecule has 1 aliphatic rings. The SMILES string of the molecule is CC1(C)c2ccc(C#N)cc2Oc2ccc(-c3cc(-c4cccc(-c5ccc(-n6c7ccccc7c7ccccc76)cc5)c4)nc(-c4ccccc4)n3)cc21. The summed E-state index contributed by atoms with van der Waals surface area (Å²) in [7, 11) is 0. The van der Waals surface area contributed by atoms with Crippen molar-refractivity contribution in [2.45, 2.75) is 19.3 Å². The molecule has 0 saturated heterocycles. The Labute approximate surface area is 319 Å². The van der Waals surface area contributed by atoms with E-state index in [1.165, 1.54) is 21.8 Å². The summed E-state index contributed by atoms with van der Waals surface area (Å²) in [6.07, 6.45) is 0. The summed E-state index contributed by atoms with van der Waals surface area (Å²) in [6.45, 7) is 4.40. The highest BCUT2D eigenvalue weighted by molar-refractivity contribution is 6.09. The highest BCUT2D eigenvalue weighted by Crippen LogP contribution is 2.49. The molecule has 0 amide bonds. The number of hydrogen-bond acceptors (Lipinski definition) is 4. The summed E-state index contributed by atoms with van der Waals surface area (Å²) < 4.78 is 8.71. The van der Waals surface area contributed by atoms with E-state index in [-0.39, 0.29) is 5.41 Å². The third-order valence-electron chi connectivity index (χ3n) is 10.9.